The number of anilines is 1. The first kappa shape index (κ1) is 109. The van der Waals surface area contributed by atoms with Gasteiger partial charge in [0.15, 0.2) is 5.43 Å². The Kier molecular flexibility index (Phi) is 54.8. The second-order valence-electron chi connectivity index (χ2n) is 31.4. The van der Waals surface area contributed by atoms with Gasteiger partial charge >= 0.3 is 0 Å². The van der Waals surface area contributed by atoms with Crippen molar-refractivity contribution >= 4 is 66.7 Å². The van der Waals surface area contributed by atoms with Crippen molar-refractivity contribution < 1.29 is 0 Å². The summed E-state index contributed by atoms with van der Waals surface area (Å²) in [7, 11) is 0. The first-order valence-electron chi connectivity index (χ1n) is 46.2. The molecule has 16 rings (SSSR count). The Morgan fingerprint density at radius 1 is 0.496 bits per heavy atom. The Labute approximate surface area is 733 Å². The zero-order valence-electron chi connectivity index (χ0n) is 81.4. The van der Waals surface area contributed by atoms with E-state index < -0.39 is 0 Å². The normalized spacial score (nSPS) is 14.1. The fourth-order valence-electron chi connectivity index (χ4n) is 13.1. The lowest BCUT2D eigenvalue weighted by Crippen LogP contribution is -2.51. The van der Waals surface area contributed by atoms with Gasteiger partial charge in [0.2, 0.25) is 5.56 Å². The minimum absolute atomic E-state index is 0.0465. The molecular weight excluding hydrogens is 1490 g/mol. The van der Waals surface area contributed by atoms with Crippen LogP contribution in [0.25, 0.3) is 54.6 Å². The van der Waals surface area contributed by atoms with Crippen molar-refractivity contribution in [3.8, 4) is 0 Å². The van der Waals surface area contributed by atoms with Crippen LogP contribution in [0.3, 0.4) is 0 Å². The van der Waals surface area contributed by atoms with Gasteiger partial charge < -0.3 is 25.6 Å². The molecule has 3 aliphatic heterocycles. The van der Waals surface area contributed by atoms with Crippen molar-refractivity contribution in [1.82, 2.24) is 55.3 Å². The molecule has 12 aromatic rings. The second-order valence-corrected chi connectivity index (χ2v) is 31.4. The highest BCUT2D eigenvalue weighted by Gasteiger charge is 2.31. The minimum Gasteiger partial charge on any atom is -0.385 e. The number of nitrogens with one attached hydrogen (secondary N) is 5. The number of aliphatic imine (C=N–C) groups is 1. The molecule has 0 radical (unpaired) electrons. The van der Waals surface area contributed by atoms with Gasteiger partial charge in [-0.1, -0.05) is 269 Å². The first-order valence-corrected chi connectivity index (χ1v) is 46.2. The summed E-state index contributed by atoms with van der Waals surface area (Å²) in [6.45, 7) is 73.0. The monoisotopic (exact) mass is 1650 g/mol. The summed E-state index contributed by atoms with van der Waals surface area (Å²) in [5, 5.41) is 20.0. The van der Waals surface area contributed by atoms with Gasteiger partial charge in [0.1, 0.15) is 11.5 Å². The number of rotatable bonds is 7. The maximum Gasteiger partial charge on any atom is 0.248 e. The number of H-pyrrole nitrogens is 3. The van der Waals surface area contributed by atoms with Gasteiger partial charge in [0, 0.05) is 118 Å². The molecule has 1 fully saturated rings. The van der Waals surface area contributed by atoms with E-state index in [1.807, 2.05) is 202 Å². The van der Waals surface area contributed by atoms with E-state index in [2.05, 4.69) is 256 Å². The molecule has 3 unspecified atom stereocenters. The van der Waals surface area contributed by atoms with Crippen LogP contribution < -0.4 is 21.6 Å². The molecule has 0 spiro atoms. The number of hydrogen-bond donors (Lipinski definition) is 5. The van der Waals surface area contributed by atoms with E-state index in [4.69, 9.17) is 0 Å². The average Bonchev–Trinajstić information content (AvgIpc) is 1.58. The van der Waals surface area contributed by atoms with Crippen LogP contribution in [-0.2, 0) is 24.7 Å². The number of nitrogens with zero attached hydrogens (tertiary/aromatic N) is 8. The maximum absolute atomic E-state index is 11.5. The molecule has 0 amide bonds. The quantitative estimate of drug-likeness (QED) is 0.102. The number of aromatic amines is 3. The third-order valence-corrected chi connectivity index (χ3v) is 20.1. The summed E-state index contributed by atoms with van der Waals surface area (Å²) < 4.78 is 0. The Hall–Kier alpha value is -9.73. The molecular formula is C106H163N13O2. The van der Waals surface area contributed by atoms with E-state index in [1.54, 1.807) is 24.5 Å². The molecule has 3 atom stereocenters. The van der Waals surface area contributed by atoms with Crippen molar-refractivity contribution in [2.45, 2.75) is 320 Å². The molecule has 15 heteroatoms. The smallest absolute Gasteiger partial charge is 0.248 e. The van der Waals surface area contributed by atoms with Crippen molar-refractivity contribution in [2.75, 3.05) is 25.0 Å². The second kappa shape index (κ2) is 60.7. The number of aryl methyl sites for hydroxylation is 2. The van der Waals surface area contributed by atoms with Crippen LogP contribution in [-0.4, -0.2) is 94.1 Å². The molecule has 10 heterocycles. The van der Waals surface area contributed by atoms with Crippen LogP contribution >= 0.6 is 0 Å². The highest BCUT2D eigenvalue weighted by atomic mass is 16.1. The lowest BCUT2D eigenvalue weighted by atomic mass is 9.80. The molecule has 5 N–H and O–H groups in total. The number of piperidine rings is 1. The topological polar surface area (TPSA) is 199 Å². The summed E-state index contributed by atoms with van der Waals surface area (Å²) in [5.41, 5.74) is 17.3. The minimum atomic E-state index is -0.0465. The van der Waals surface area contributed by atoms with E-state index in [-0.39, 0.29) is 16.4 Å². The SMILES string of the molecule is CC.CC.CC.CC.CC.CC.CC.CC.CC(C)(C)c1ccc2c(c1)CCCN2.CC(C)C1CCc2ncccc2C1.CC(C)N1CCC2N=CNC2C1.CC(C)c1cc2cccnc2[nH]1.CC(C)c1ccc2[nH]c(=O)ccc2c1.CC(C)c1ccc2[nH]ccc(=O)c2c1.CC(C)c1ccc2nnccc2c1.CC(C)c1ncc2ccccc2n1. The van der Waals surface area contributed by atoms with Crippen molar-refractivity contribution in [2.24, 2.45) is 16.8 Å². The third-order valence-electron chi connectivity index (χ3n) is 20.1. The van der Waals surface area contributed by atoms with Gasteiger partial charge in [0.25, 0.3) is 0 Å². The highest BCUT2D eigenvalue weighted by molar-refractivity contribution is 5.81. The van der Waals surface area contributed by atoms with Crippen LogP contribution in [0.2, 0.25) is 0 Å². The van der Waals surface area contributed by atoms with Crippen LogP contribution in [0.1, 0.15) is 328 Å². The van der Waals surface area contributed by atoms with E-state index >= 15 is 0 Å². The molecule has 0 saturated carbocycles. The van der Waals surface area contributed by atoms with Gasteiger partial charge in [-0.05, 0) is 217 Å². The molecule has 664 valence electrons. The zero-order valence-corrected chi connectivity index (χ0v) is 81.4. The Bertz CT molecular complexity index is 4760. The van der Waals surface area contributed by atoms with Crippen LogP contribution in [0.5, 0.6) is 0 Å². The molecule has 0 bridgehead atoms. The Morgan fingerprint density at radius 2 is 1.11 bits per heavy atom. The molecule has 121 heavy (non-hydrogen) atoms. The Morgan fingerprint density at radius 3 is 1.73 bits per heavy atom. The fraction of sp³-hybridized carbons (Fsp3) is 0.500. The number of para-hydroxylation sites is 1. The van der Waals surface area contributed by atoms with E-state index in [1.165, 1.54) is 106 Å². The number of aromatic nitrogens is 9. The first-order chi connectivity index (χ1) is 58.3. The summed E-state index contributed by atoms with van der Waals surface area (Å²) in [6.07, 6.45) is 18.3. The molecule has 7 aromatic heterocycles. The third kappa shape index (κ3) is 36.9. The van der Waals surface area contributed by atoms with Gasteiger partial charge in [-0.2, -0.15) is 10.2 Å². The summed E-state index contributed by atoms with van der Waals surface area (Å²) >= 11 is 0. The maximum atomic E-state index is 11.5. The molecule has 5 aromatic carbocycles. The lowest BCUT2D eigenvalue weighted by Gasteiger charge is -2.36. The molecule has 15 nitrogen and oxygen atoms in total. The van der Waals surface area contributed by atoms with Gasteiger partial charge in [-0.25, -0.2) is 15.0 Å². The largest absolute Gasteiger partial charge is 0.385 e. The Balaban J connectivity index is 0.000000675. The zero-order chi connectivity index (χ0) is 91.3. The predicted octanol–water partition coefficient (Wildman–Crippen LogP) is 28.4. The summed E-state index contributed by atoms with van der Waals surface area (Å²) in [6, 6.07) is 52.6. The van der Waals surface area contributed by atoms with Crippen molar-refractivity contribution in [3.05, 3.63) is 254 Å². The average molecular weight is 1650 g/mol. The van der Waals surface area contributed by atoms with Crippen molar-refractivity contribution in [3.63, 3.8) is 0 Å². The standard InChI is InChI=1S/C13H19N.2C12H13NO.C12H17N.2C11H12N2.C10H12N2.C9H17N3.8C2H6/c1-13(2,3)11-6-7-12-10(9-11)5-4-8-14-12;1-8(2)9-3-5-11-10(7-9)4-6-12(14)13-11;1-8(2)9-3-4-11-10(7-9)12(14)5-6-13-11;1-9(2)10-5-6-12-11(8-10)4-3-7-13-12;1-8(2)9-3-4-11-10(7-9)5-6-12-13-11;1-8(2)11-12-7-9-5-3-4-6-10(9)13-11;1-7(2)9-6-8-4-3-5-11-10(8)12-9;1-7(2)12-4-3-8-9(5-12)11-6-10-8;8*1-2/h6-7,9,14H,4-5,8H2,1-3H3;2*3-8H,1-2H3,(H,13,14);3-4,7,9-10H,5-6,8H2,1-2H3;2*3-8H,1-2H3;3-7H,1-2H3,(H,11,12);6-9H,3-5H2,1-2H3,(H,10,11);8*1-2H3. The summed E-state index contributed by atoms with van der Waals surface area (Å²) in [4.78, 5) is 56.0. The number of fused-ring (bicyclic) bond motifs is 8. The van der Waals surface area contributed by atoms with Crippen LogP contribution in [0.4, 0.5) is 5.69 Å². The molecule has 1 aliphatic carbocycles. The predicted molar refractivity (Wildman–Crippen MR) is 533 cm³/mol. The lowest BCUT2D eigenvalue weighted by molar-refractivity contribution is 0.155. The highest BCUT2D eigenvalue weighted by Crippen LogP contribution is 2.31. The molecule has 1 saturated heterocycles. The van der Waals surface area contributed by atoms with E-state index in [9.17, 15) is 9.59 Å². The van der Waals surface area contributed by atoms with E-state index in [0.717, 1.165) is 74.6 Å². The van der Waals surface area contributed by atoms with Crippen LogP contribution in [0.15, 0.2) is 197 Å². The van der Waals surface area contributed by atoms with Gasteiger partial charge in [0.05, 0.1) is 35.7 Å². The number of benzene rings is 5. The van der Waals surface area contributed by atoms with Crippen LogP contribution in [0, 0.1) is 11.8 Å². The van der Waals surface area contributed by atoms with E-state index in [0.29, 0.717) is 47.7 Å². The molecule has 4 aliphatic rings. The van der Waals surface area contributed by atoms with Gasteiger partial charge in [-0.15, -0.1) is 0 Å². The number of pyridine rings is 4. The fourth-order valence-corrected chi connectivity index (χ4v) is 13.1. The van der Waals surface area contributed by atoms with Gasteiger partial charge in [-0.3, -0.25) is 24.5 Å². The number of hydrogen-bond acceptors (Lipinski definition) is 12. The summed E-state index contributed by atoms with van der Waals surface area (Å²) in [5.74, 6) is 5.08. The number of likely N-dealkylation sites (tertiary alicyclic amines) is 1. The van der Waals surface area contributed by atoms with Crippen molar-refractivity contribution in [1.29, 1.82) is 0 Å².